The lowest BCUT2D eigenvalue weighted by Crippen LogP contribution is -2.35. The first-order valence-corrected chi connectivity index (χ1v) is 6.89. The average molecular weight is 325 g/mol. The number of carbonyl (C=O) groups excluding carboxylic acids is 1. The summed E-state index contributed by atoms with van der Waals surface area (Å²) in [6, 6.07) is 6.90. The van der Waals surface area contributed by atoms with Crippen LogP contribution in [-0.2, 0) is 0 Å². The van der Waals surface area contributed by atoms with E-state index in [0.717, 1.165) is 25.9 Å². The van der Waals surface area contributed by atoms with E-state index in [1.165, 1.54) is 6.42 Å². The number of piperidine rings is 1. The van der Waals surface area contributed by atoms with E-state index in [2.05, 4.69) is 9.98 Å². The summed E-state index contributed by atoms with van der Waals surface area (Å²) in [7, 11) is 0. The molecule has 0 unspecified atom stereocenters. The molecule has 1 aliphatic rings. The van der Waals surface area contributed by atoms with Gasteiger partial charge in [0.05, 0.1) is 5.69 Å². The van der Waals surface area contributed by atoms with Crippen LogP contribution in [0, 0.1) is 0 Å². The highest BCUT2D eigenvalue weighted by atomic mass is 35.5. The molecule has 1 aromatic rings. The molecular formula is C14H21ClN6O. The van der Waals surface area contributed by atoms with Gasteiger partial charge in [0, 0.05) is 18.7 Å². The Kier molecular flexibility index (Phi) is 6.65. The minimum Gasteiger partial charge on any atom is -0.370 e. The lowest BCUT2D eigenvalue weighted by molar-refractivity contribution is 0.0724. The van der Waals surface area contributed by atoms with Gasteiger partial charge >= 0.3 is 0 Å². The maximum absolute atomic E-state index is 12.3. The quantitative estimate of drug-likeness (QED) is 0.553. The molecule has 0 aromatic heterocycles. The summed E-state index contributed by atoms with van der Waals surface area (Å²) in [4.78, 5) is 21.8. The maximum Gasteiger partial charge on any atom is 0.253 e. The van der Waals surface area contributed by atoms with Crippen molar-refractivity contribution in [1.29, 1.82) is 0 Å². The van der Waals surface area contributed by atoms with Gasteiger partial charge in [-0.25, -0.2) is 4.99 Å². The highest BCUT2D eigenvalue weighted by Crippen LogP contribution is 2.17. The number of benzene rings is 1. The number of likely N-dealkylation sites (tertiary alicyclic amines) is 1. The van der Waals surface area contributed by atoms with Crippen LogP contribution in [0.2, 0.25) is 0 Å². The van der Waals surface area contributed by atoms with E-state index < -0.39 is 0 Å². The summed E-state index contributed by atoms with van der Waals surface area (Å²) in [6.07, 6.45) is 3.34. The van der Waals surface area contributed by atoms with Crippen molar-refractivity contribution < 1.29 is 4.79 Å². The Balaban J connectivity index is 0.00000242. The minimum atomic E-state index is -0.145. The molecule has 0 bridgehead atoms. The second-order valence-electron chi connectivity index (χ2n) is 4.91. The number of nitrogens with zero attached hydrogens (tertiary/aromatic N) is 3. The molecule has 0 spiro atoms. The topological polar surface area (TPSA) is 123 Å². The van der Waals surface area contributed by atoms with Crippen molar-refractivity contribution >= 4 is 35.9 Å². The van der Waals surface area contributed by atoms with Gasteiger partial charge in [-0.1, -0.05) is 0 Å². The highest BCUT2D eigenvalue weighted by molar-refractivity contribution is 5.95. The Labute approximate surface area is 135 Å². The number of hydrogen-bond donors (Lipinski definition) is 3. The molecule has 1 heterocycles. The second kappa shape index (κ2) is 8.23. The van der Waals surface area contributed by atoms with Crippen molar-refractivity contribution in [3.05, 3.63) is 29.8 Å². The first kappa shape index (κ1) is 17.8. The average Bonchev–Trinajstić information content (AvgIpc) is 2.47. The number of hydrogen-bond acceptors (Lipinski definition) is 2. The molecular weight excluding hydrogens is 304 g/mol. The Morgan fingerprint density at radius 1 is 1.00 bits per heavy atom. The van der Waals surface area contributed by atoms with Crippen LogP contribution >= 0.6 is 12.4 Å². The van der Waals surface area contributed by atoms with Gasteiger partial charge in [0.15, 0.2) is 5.96 Å². The first-order chi connectivity index (χ1) is 10.1. The van der Waals surface area contributed by atoms with Gasteiger partial charge in [-0.05, 0) is 43.5 Å². The largest absolute Gasteiger partial charge is 0.370 e. The van der Waals surface area contributed by atoms with Crippen LogP contribution in [0.25, 0.3) is 0 Å². The summed E-state index contributed by atoms with van der Waals surface area (Å²) < 4.78 is 0. The Morgan fingerprint density at radius 2 is 1.59 bits per heavy atom. The van der Waals surface area contributed by atoms with E-state index in [4.69, 9.17) is 17.2 Å². The number of amides is 1. The fraction of sp³-hybridized carbons (Fsp3) is 0.357. The number of carbonyl (C=O) groups is 1. The molecule has 1 fully saturated rings. The summed E-state index contributed by atoms with van der Waals surface area (Å²) in [5.74, 6) is -0.110. The van der Waals surface area contributed by atoms with Crippen molar-refractivity contribution in [3.63, 3.8) is 0 Å². The molecule has 1 aromatic carbocycles. The van der Waals surface area contributed by atoms with Crippen LogP contribution in [0.4, 0.5) is 5.69 Å². The van der Waals surface area contributed by atoms with Gasteiger partial charge in [0.2, 0.25) is 5.96 Å². The molecule has 0 atom stereocenters. The number of rotatable bonds is 2. The minimum absolute atomic E-state index is 0. The molecule has 8 heteroatoms. The normalized spacial score (nSPS) is 14.9. The van der Waals surface area contributed by atoms with Crippen molar-refractivity contribution in [2.75, 3.05) is 13.1 Å². The molecule has 0 saturated carbocycles. The van der Waals surface area contributed by atoms with Gasteiger partial charge in [-0.3, -0.25) is 4.79 Å². The fourth-order valence-electron chi connectivity index (χ4n) is 2.25. The van der Waals surface area contributed by atoms with Gasteiger partial charge in [0.1, 0.15) is 0 Å². The van der Waals surface area contributed by atoms with E-state index in [0.29, 0.717) is 11.3 Å². The van der Waals surface area contributed by atoms with Gasteiger partial charge in [-0.2, -0.15) is 4.99 Å². The molecule has 120 valence electrons. The van der Waals surface area contributed by atoms with Crippen molar-refractivity contribution in [2.45, 2.75) is 19.3 Å². The molecule has 6 N–H and O–H groups in total. The van der Waals surface area contributed by atoms with Crippen LogP contribution in [0.3, 0.4) is 0 Å². The van der Waals surface area contributed by atoms with Gasteiger partial charge in [-0.15, -0.1) is 12.4 Å². The predicted octanol–water partition coefficient (Wildman–Crippen LogP) is 0.954. The van der Waals surface area contributed by atoms with Crippen molar-refractivity contribution in [1.82, 2.24) is 4.90 Å². The number of guanidine groups is 2. The molecule has 1 aliphatic heterocycles. The van der Waals surface area contributed by atoms with Gasteiger partial charge in [0.25, 0.3) is 5.91 Å². The third kappa shape index (κ3) is 4.92. The lowest BCUT2D eigenvalue weighted by Gasteiger charge is -2.26. The number of halogens is 1. The van der Waals surface area contributed by atoms with E-state index >= 15 is 0 Å². The standard InChI is InChI=1S/C14H20N6O.ClH/c15-13(16)19-14(17)18-11-6-4-10(5-7-11)12(21)20-8-2-1-3-9-20;/h4-7H,1-3,8-9H2,(H6,15,16,17,18,19);1H. The van der Waals surface area contributed by atoms with Crippen LogP contribution in [0.1, 0.15) is 29.6 Å². The summed E-state index contributed by atoms with van der Waals surface area (Å²) in [5, 5.41) is 0. The highest BCUT2D eigenvalue weighted by Gasteiger charge is 2.17. The molecule has 1 amide bonds. The second-order valence-corrected chi connectivity index (χ2v) is 4.91. The molecule has 7 nitrogen and oxygen atoms in total. The number of aliphatic imine (C=N–C) groups is 2. The molecule has 2 rings (SSSR count). The number of nitrogens with two attached hydrogens (primary N) is 3. The fourth-order valence-corrected chi connectivity index (χ4v) is 2.25. The van der Waals surface area contributed by atoms with Gasteiger partial charge < -0.3 is 22.1 Å². The third-order valence-corrected chi connectivity index (χ3v) is 3.24. The van der Waals surface area contributed by atoms with E-state index in [-0.39, 0.29) is 30.2 Å². The van der Waals surface area contributed by atoms with E-state index in [1.807, 2.05) is 4.90 Å². The predicted molar refractivity (Wildman–Crippen MR) is 90.5 cm³/mol. The van der Waals surface area contributed by atoms with Crippen LogP contribution in [0.5, 0.6) is 0 Å². The maximum atomic E-state index is 12.3. The molecule has 1 saturated heterocycles. The Bertz CT molecular complexity index is 559. The summed E-state index contributed by atoms with van der Waals surface area (Å²) >= 11 is 0. The van der Waals surface area contributed by atoms with Crippen LogP contribution in [-0.4, -0.2) is 35.8 Å². The lowest BCUT2D eigenvalue weighted by atomic mass is 10.1. The Hall–Kier alpha value is -2.28. The monoisotopic (exact) mass is 324 g/mol. The molecule has 0 aliphatic carbocycles. The van der Waals surface area contributed by atoms with Crippen molar-refractivity contribution in [3.8, 4) is 0 Å². The Morgan fingerprint density at radius 3 is 2.14 bits per heavy atom. The zero-order chi connectivity index (χ0) is 15.2. The smallest absolute Gasteiger partial charge is 0.253 e. The van der Waals surface area contributed by atoms with E-state index in [1.54, 1.807) is 24.3 Å². The van der Waals surface area contributed by atoms with Crippen molar-refractivity contribution in [2.24, 2.45) is 27.2 Å². The molecule has 0 radical (unpaired) electrons. The zero-order valence-corrected chi connectivity index (χ0v) is 13.1. The van der Waals surface area contributed by atoms with Crippen LogP contribution in [0.15, 0.2) is 34.3 Å². The third-order valence-electron chi connectivity index (χ3n) is 3.24. The van der Waals surface area contributed by atoms with E-state index in [9.17, 15) is 4.79 Å². The first-order valence-electron chi connectivity index (χ1n) is 6.89. The summed E-state index contributed by atoms with van der Waals surface area (Å²) in [5.41, 5.74) is 17.2. The summed E-state index contributed by atoms with van der Waals surface area (Å²) in [6.45, 7) is 1.66. The zero-order valence-electron chi connectivity index (χ0n) is 12.2. The SMILES string of the molecule is Cl.NC(N)=NC(N)=Nc1ccc(C(=O)N2CCCCC2)cc1. The van der Waals surface area contributed by atoms with Crippen LogP contribution < -0.4 is 17.2 Å². The molecule has 22 heavy (non-hydrogen) atoms.